The molecule has 5 nitrogen and oxygen atoms in total. The third-order valence-corrected chi connectivity index (χ3v) is 3.62. The van der Waals surface area contributed by atoms with Crippen molar-refractivity contribution in [2.24, 2.45) is 0 Å². The SMILES string of the molecule is CCOC(=O)c1ccc(-c2ccc(CN[C@@H](CC)CO)o2)cc1. The van der Waals surface area contributed by atoms with Gasteiger partial charge in [-0.15, -0.1) is 0 Å². The molecule has 0 unspecified atom stereocenters. The number of aliphatic hydroxyl groups is 1. The lowest BCUT2D eigenvalue weighted by atomic mass is 10.1. The van der Waals surface area contributed by atoms with Crippen LogP contribution in [0.3, 0.4) is 0 Å². The van der Waals surface area contributed by atoms with Crippen LogP contribution in [0.2, 0.25) is 0 Å². The zero-order valence-corrected chi connectivity index (χ0v) is 13.5. The van der Waals surface area contributed by atoms with Crippen molar-refractivity contribution in [1.82, 2.24) is 5.32 Å². The Kier molecular flexibility index (Phi) is 6.38. The first-order chi connectivity index (χ1) is 11.2. The van der Waals surface area contributed by atoms with E-state index in [1.54, 1.807) is 19.1 Å². The highest BCUT2D eigenvalue weighted by Crippen LogP contribution is 2.23. The van der Waals surface area contributed by atoms with Crippen LogP contribution in [-0.2, 0) is 11.3 Å². The molecule has 2 N–H and O–H groups in total. The highest BCUT2D eigenvalue weighted by molar-refractivity contribution is 5.89. The number of nitrogens with one attached hydrogen (secondary N) is 1. The highest BCUT2D eigenvalue weighted by Gasteiger charge is 2.10. The quantitative estimate of drug-likeness (QED) is 0.732. The van der Waals surface area contributed by atoms with Crippen molar-refractivity contribution >= 4 is 5.97 Å². The van der Waals surface area contributed by atoms with Gasteiger partial charge in [-0.05, 0) is 37.6 Å². The predicted octanol–water partition coefficient (Wildman–Crippen LogP) is 2.98. The van der Waals surface area contributed by atoms with Crippen LogP contribution in [0.4, 0.5) is 0 Å². The van der Waals surface area contributed by atoms with E-state index in [0.717, 1.165) is 23.5 Å². The lowest BCUT2D eigenvalue weighted by Gasteiger charge is -2.12. The van der Waals surface area contributed by atoms with Crippen LogP contribution in [0, 0.1) is 0 Å². The van der Waals surface area contributed by atoms with Gasteiger partial charge in [-0.3, -0.25) is 0 Å². The first-order valence-corrected chi connectivity index (χ1v) is 7.88. The predicted molar refractivity (Wildman–Crippen MR) is 88.1 cm³/mol. The van der Waals surface area contributed by atoms with E-state index in [4.69, 9.17) is 14.3 Å². The Labute approximate surface area is 136 Å². The van der Waals surface area contributed by atoms with Crippen LogP contribution in [0.15, 0.2) is 40.8 Å². The van der Waals surface area contributed by atoms with Gasteiger partial charge in [-0.2, -0.15) is 0 Å². The molecule has 124 valence electrons. The summed E-state index contributed by atoms with van der Waals surface area (Å²) >= 11 is 0. The van der Waals surface area contributed by atoms with Gasteiger partial charge in [0.1, 0.15) is 11.5 Å². The van der Waals surface area contributed by atoms with Gasteiger partial charge in [0.2, 0.25) is 0 Å². The van der Waals surface area contributed by atoms with Gasteiger partial charge in [0.15, 0.2) is 0 Å². The van der Waals surface area contributed by atoms with Crippen molar-refractivity contribution in [3.63, 3.8) is 0 Å². The first-order valence-electron chi connectivity index (χ1n) is 7.88. The molecule has 1 aromatic heterocycles. The molecule has 0 amide bonds. The van der Waals surface area contributed by atoms with Crippen molar-refractivity contribution < 1.29 is 19.1 Å². The lowest BCUT2D eigenvalue weighted by molar-refractivity contribution is 0.0526. The fourth-order valence-corrected chi connectivity index (χ4v) is 2.20. The third-order valence-electron chi connectivity index (χ3n) is 3.62. The molecule has 0 aliphatic carbocycles. The summed E-state index contributed by atoms with van der Waals surface area (Å²) in [6.07, 6.45) is 0.861. The number of hydrogen-bond acceptors (Lipinski definition) is 5. The van der Waals surface area contributed by atoms with E-state index < -0.39 is 0 Å². The molecule has 2 aromatic rings. The summed E-state index contributed by atoms with van der Waals surface area (Å²) in [7, 11) is 0. The molecule has 0 saturated carbocycles. The van der Waals surface area contributed by atoms with E-state index in [1.807, 2.05) is 31.2 Å². The van der Waals surface area contributed by atoms with Gasteiger partial charge in [0.25, 0.3) is 0 Å². The van der Waals surface area contributed by atoms with Crippen LogP contribution in [0.25, 0.3) is 11.3 Å². The largest absolute Gasteiger partial charge is 0.462 e. The highest BCUT2D eigenvalue weighted by atomic mass is 16.5. The maximum Gasteiger partial charge on any atom is 0.338 e. The summed E-state index contributed by atoms with van der Waals surface area (Å²) in [4.78, 5) is 11.6. The summed E-state index contributed by atoms with van der Waals surface area (Å²) in [6, 6.07) is 11.0. The smallest absolute Gasteiger partial charge is 0.338 e. The van der Waals surface area contributed by atoms with Crippen molar-refractivity contribution in [1.29, 1.82) is 0 Å². The monoisotopic (exact) mass is 317 g/mol. The molecule has 0 radical (unpaired) electrons. The van der Waals surface area contributed by atoms with Gasteiger partial charge < -0.3 is 19.6 Å². The van der Waals surface area contributed by atoms with Crippen LogP contribution in [0.1, 0.15) is 36.4 Å². The van der Waals surface area contributed by atoms with E-state index in [9.17, 15) is 4.79 Å². The summed E-state index contributed by atoms with van der Waals surface area (Å²) in [5.74, 6) is 1.23. The molecular formula is C18H23NO4. The normalized spacial score (nSPS) is 12.1. The van der Waals surface area contributed by atoms with Gasteiger partial charge in [-0.25, -0.2) is 4.79 Å². The molecule has 1 heterocycles. The topological polar surface area (TPSA) is 71.7 Å². The van der Waals surface area contributed by atoms with Crippen LogP contribution in [0.5, 0.6) is 0 Å². The Bertz CT molecular complexity index is 614. The zero-order valence-electron chi connectivity index (χ0n) is 13.5. The Balaban J connectivity index is 2.01. The molecule has 0 bridgehead atoms. The van der Waals surface area contributed by atoms with E-state index in [1.165, 1.54) is 0 Å². The van der Waals surface area contributed by atoms with Crippen LogP contribution in [-0.4, -0.2) is 30.3 Å². The van der Waals surface area contributed by atoms with Crippen molar-refractivity contribution in [2.75, 3.05) is 13.2 Å². The number of rotatable bonds is 8. The molecule has 0 fully saturated rings. The van der Waals surface area contributed by atoms with Crippen LogP contribution < -0.4 is 5.32 Å². The maximum absolute atomic E-state index is 11.6. The standard InChI is InChI=1S/C18H23NO4/c1-3-15(12-20)19-11-16-9-10-17(23-16)13-5-7-14(8-6-13)18(21)22-4-2/h5-10,15,19-20H,3-4,11-12H2,1-2H3/t15-/m0/s1. The number of furan rings is 1. The first kappa shape index (κ1) is 17.2. The molecule has 1 atom stereocenters. The van der Waals surface area contributed by atoms with Gasteiger partial charge in [-0.1, -0.05) is 19.1 Å². The number of carbonyl (C=O) groups excluding carboxylic acids is 1. The Morgan fingerprint density at radius 2 is 1.96 bits per heavy atom. The fourth-order valence-electron chi connectivity index (χ4n) is 2.20. The minimum absolute atomic E-state index is 0.0763. The third kappa shape index (κ3) is 4.68. The number of ether oxygens (including phenoxy) is 1. The second-order valence-electron chi connectivity index (χ2n) is 5.23. The fraction of sp³-hybridized carbons (Fsp3) is 0.389. The molecular weight excluding hydrogens is 294 g/mol. The summed E-state index contributed by atoms with van der Waals surface area (Å²) in [6.45, 7) is 4.85. The molecule has 0 spiro atoms. The van der Waals surface area contributed by atoms with Crippen LogP contribution >= 0.6 is 0 Å². The molecule has 0 aliphatic heterocycles. The van der Waals surface area contributed by atoms with Crippen molar-refractivity contribution in [3.05, 3.63) is 47.7 Å². The molecule has 5 heteroatoms. The summed E-state index contributed by atoms with van der Waals surface area (Å²) in [5.41, 5.74) is 1.43. The maximum atomic E-state index is 11.6. The van der Waals surface area contributed by atoms with E-state index in [0.29, 0.717) is 18.7 Å². The van der Waals surface area contributed by atoms with Crippen molar-refractivity contribution in [3.8, 4) is 11.3 Å². The number of hydrogen-bond donors (Lipinski definition) is 2. The summed E-state index contributed by atoms with van der Waals surface area (Å²) in [5, 5.41) is 12.4. The lowest BCUT2D eigenvalue weighted by Crippen LogP contribution is -2.30. The average Bonchev–Trinajstić information content (AvgIpc) is 3.05. The van der Waals surface area contributed by atoms with E-state index in [-0.39, 0.29) is 18.6 Å². The Morgan fingerprint density at radius 3 is 2.57 bits per heavy atom. The number of carbonyl (C=O) groups is 1. The van der Waals surface area contributed by atoms with Gasteiger partial charge in [0.05, 0.1) is 25.3 Å². The number of esters is 1. The average molecular weight is 317 g/mol. The van der Waals surface area contributed by atoms with E-state index in [2.05, 4.69) is 5.32 Å². The molecule has 2 rings (SSSR count). The van der Waals surface area contributed by atoms with E-state index >= 15 is 0 Å². The zero-order chi connectivity index (χ0) is 16.7. The minimum Gasteiger partial charge on any atom is -0.462 e. The Hall–Kier alpha value is -2.11. The minimum atomic E-state index is -0.321. The molecule has 0 aliphatic rings. The van der Waals surface area contributed by atoms with Gasteiger partial charge in [0, 0.05) is 11.6 Å². The molecule has 1 aromatic carbocycles. The molecule has 0 saturated heterocycles. The summed E-state index contributed by atoms with van der Waals surface area (Å²) < 4.78 is 10.8. The molecule has 23 heavy (non-hydrogen) atoms. The van der Waals surface area contributed by atoms with Crippen molar-refractivity contribution in [2.45, 2.75) is 32.9 Å². The number of aliphatic hydroxyl groups excluding tert-OH is 1. The second kappa shape index (κ2) is 8.50. The second-order valence-corrected chi connectivity index (χ2v) is 5.23. The van der Waals surface area contributed by atoms with Gasteiger partial charge >= 0.3 is 5.97 Å². The number of benzene rings is 1. The Morgan fingerprint density at radius 1 is 1.22 bits per heavy atom.